The van der Waals surface area contributed by atoms with Crippen LogP contribution in [0.3, 0.4) is 0 Å². The van der Waals surface area contributed by atoms with Crippen molar-refractivity contribution in [2.24, 2.45) is 5.92 Å². The van der Waals surface area contributed by atoms with Crippen LogP contribution in [0.2, 0.25) is 0 Å². The van der Waals surface area contributed by atoms with Gasteiger partial charge in [0.25, 0.3) is 0 Å². The number of hydrogen-bond acceptors (Lipinski definition) is 3. The molecule has 1 aliphatic rings. The lowest BCUT2D eigenvalue weighted by molar-refractivity contribution is -0.129. The Morgan fingerprint density at radius 1 is 0.974 bits per heavy atom. The van der Waals surface area contributed by atoms with Gasteiger partial charge in [-0.3, -0.25) is 9.59 Å². The Morgan fingerprint density at radius 2 is 1.69 bits per heavy atom. The highest BCUT2D eigenvalue weighted by atomic mass is 19.1. The van der Waals surface area contributed by atoms with Crippen LogP contribution in [0.1, 0.15) is 49.4 Å². The quantitative estimate of drug-likeness (QED) is 0.276. The Morgan fingerprint density at radius 3 is 2.36 bits per heavy atom. The maximum Gasteiger partial charge on any atom is 0.224 e. The van der Waals surface area contributed by atoms with Gasteiger partial charge in [0.1, 0.15) is 11.6 Å². The average Bonchev–Trinajstić information content (AvgIpc) is 3.76. The highest BCUT2D eigenvalue weighted by Crippen LogP contribution is 2.41. The van der Waals surface area contributed by atoms with Crippen molar-refractivity contribution in [3.8, 4) is 11.3 Å². The van der Waals surface area contributed by atoms with Crippen LogP contribution in [0, 0.1) is 17.6 Å². The monoisotopic (exact) mass is 527 g/mol. The van der Waals surface area contributed by atoms with Crippen molar-refractivity contribution in [1.82, 2.24) is 15.2 Å². The van der Waals surface area contributed by atoms with Gasteiger partial charge in [-0.2, -0.15) is 0 Å². The molecule has 5 rings (SSSR count). The number of halogens is 2. The largest absolute Gasteiger partial charge is 0.349 e. The zero-order chi connectivity index (χ0) is 27.5. The first-order valence-corrected chi connectivity index (χ1v) is 13.3. The molecule has 0 aliphatic heterocycles. The molecule has 3 aromatic carbocycles. The van der Waals surface area contributed by atoms with Gasteiger partial charge in [-0.15, -0.1) is 0 Å². The Bertz CT molecular complexity index is 1530. The maximum absolute atomic E-state index is 14.3. The molecule has 1 heterocycles. The minimum Gasteiger partial charge on any atom is -0.349 e. The fourth-order valence-electron chi connectivity index (χ4n) is 5.19. The van der Waals surface area contributed by atoms with Crippen molar-refractivity contribution in [3.63, 3.8) is 0 Å². The molecule has 0 saturated heterocycles. The molecule has 1 saturated carbocycles. The van der Waals surface area contributed by atoms with E-state index in [4.69, 9.17) is 4.98 Å². The molecule has 0 radical (unpaired) electrons. The third-order valence-electron chi connectivity index (χ3n) is 7.34. The Hall–Kier alpha value is -4.13. The summed E-state index contributed by atoms with van der Waals surface area (Å²) in [5, 5.41) is 3.96. The lowest BCUT2D eigenvalue weighted by atomic mass is 9.93. The number of carbonyl (C=O) groups excluding carboxylic acids is 2. The van der Waals surface area contributed by atoms with Gasteiger partial charge in [0.2, 0.25) is 11.8 Å². The van der Waals surface area contributed by atoms with E-state index in [-0.39, 0.29) is 42.6 Å². The van der Waals surface area contributed by atoms with Crippen molar-refractivity contribution >= 4 is 22.7 Å². The van der Waals surface area contributed by atoms with E-state index in [0.717, 1.165) is 29.4 Å². The zero-order valence-corrected chi connectivity index (χ0v) is 22.1. The first kappa shape index (κ1) is 26.5. The van der Waals surface area contributed by atoms with Gasteiger partial charge in [-0.05, 0) is 67.1 Å². The molecule has 0 spiro atoms. The molecule has 0 unspecified atom stereocenters. The number of carbonyl (C=O) groups is 2. The first-order valence-electron chi connectivity index (χ1n) is 13.3. The molecule has 5 nitrogen and oxygen atoms in total. The summed E-state index contributed by atoms with van der Waals surface area (Å²) in [7, 11) is 0. The van der Waals surface area contributed by atoms with Crippen LogP contribution in [0.15, 0.2) is 72.8 Å². The van der Waals surface area contributed by atoms with E-state index in [9.17, 15) is 18.4 Å². The summed E-state index contributed by atoms with van der Waals surface area (Å²) in [6.07, 6.45) is 1.98. The molecule has 7 heteroatoms. The van der Waals surface area contributed by atoms with Crippen molar-refractivity contribution in [2.75, 3.05) is 6.54 Å². The average molecular weight is 528 g/mol. The number of rotatable bonds is 9. The van der Waals surface area contributed by atoms with Crippen LogP contribution in [-0.4, -0.2) is 28.2 Å². The van der Waals surface area contributed by atoms with Gasteiger partial charge >= 0.3 is 0 Å². The van der Waals surface area contributed by atoms with E-state index in [0.29, 0.717) is 28.9 Å². The third kappa shape index (κ3) is 5.98. The number of aromatic nitrogens is 1. The summed E-state index contributed by atoms with van der Waals surface area (Å²) in [5.41, 5.74) is 4.00. The number of nitrogens with zero attached hydrogens (tertiary/aromatic N) is 2. The van der Waals surface area contributed by atoms with Gasteiger partial charge in [0.05, 0.1) is 23.7 Å². The smallest absolute Gasteiger partial charge is 0.224 e. The first-order chi connectivity index (χ1) is 18.8. The summed E-state index contributed by atoms with van der Waals surface area (Å²) in [6, 6.07) is 19.8. The fraction of sp³-hybridized carbons (Fsp3) is 0.281. The molecule has 1 atom stereocenters. The van der Waals surface area contributed by atoms with Crippen LogP contribution in [0.25, 0.3) is 22.2 Å². The van der Waals surface area contributed by atoms with E-state index in [1.807, 2.05) is 37.3 Å². The molecule has 200 valence electrons. The normalized spacial score (nSPS) is 13.7. The predicted molar refractivity (Wildman–Crippen MR) is 148 cm³/mol. The summed E-state index contributed by atoms with van der Waals surface area (Å²) in [4.78, 5) is 32.6. The van der Waals surface area contributed by atoms with Gasteiger partial charge in [0.15, 0.2) is 0 Å². The van der Waals surface area contributed by atoms with E-state index in [2.05, 4.69) is 5.32 Å². The summed E-state index contributed by atoms with van der Waals surface area (Å²) in [5.74, 6) is -0.774. The predicted octanol–water partition coefficient (Wildman–Crippen LogP) is 6.36. The summed E-state index contributed by atoms with van der Waals surface area (Å²) in [6.45, 7) is 4.10. The second kappa shape index (κ2) is 11.3. The van der Waals surface area contributed by atoms with Gasteiger partial charge < -0.3 is 10.2 Å². The Labute approximate surface area is 226 Å². The number of amides is 2. The van der Waals surface area contributed by atoms with Crippen LogP contribution < -0.4 is 5.32 Å². The molecule has 4 aromatic rings. The minimum absolute atomic E-state index is 0.0364. The molecular weight excluding hydrogens is 496 g/mol. The third-order valence-corrected chi connectivity index (χ3v) is 7.34. The highest BCUT2D eigenvalue weighted by molar-refractivity contribution is 5.92. The molecule has 1 aromatic heterocycles. The summed E-state index contributed by atoms with van der Waals surface area (Å²) >= 11 is 0. The molecule has 2 amide bonds. The molecular formula is C32H31F2N3O2. The van der Waals surface area contributed by atoms with Crippen molar-refractivity contribution in [2.45, 2.75) is 45.7 Å². The second-order valence-electron chi connectivity index (χ2n) is 10.1. The topological polar surface area (TPSA) is 62.3 Å². The van der Waals surface area contributed by atoms with Crippen LogP contribution in [0.5, 0.6) is 0 Å². The van der Waals surface area contributed by atoms with Gasteiger partial charge in [-0.25, -0.2) is 13.8 Å². The zero-order valence-electron chi connectivity index (χ0n) is 22.1. The van der Waals surface area contributed by atoms with E-state index in [1.165, 1.54) is 31.2 Å². The van der Waals surface area contributed by atoms with Gasteiger partial charge in [0, 0.05) is 36.5 Å². The van der Waals surface area contributed by atoms with E-state index >= 15 is 0 Å². The Balaban J connectivity index is 1.60. The molecule has 1 N–H and O–H groups in total. The van der Waals surface area contributed by atoms with E-state index in [1.54, 1.807) is 23.1 Å². The van der Waals surface area contributed by atoms with Crippen molar-refractivity contribution < 1.29 is 18.4 Å². The number of pyridine rings is 1. The molecule has 39 heavy (non-hydrogen) atoms. The Kier molecular flexibility index (Phi) is 7.68. The van der Waals surface area contributed by atoms with Crippen LogP contribution in [-0.2, 0) is 22.6 Å². The number of nitrogens with one attached hydrogen (secondary N) is 1. The van der Waals surface area contributed by atoms with Crippen LogP contribution in [0.4, 0.5) is 8.78 Å². The SMILES string of the molecule is CCN(Cc1c(-c2cccc(F)c2)nc2ccccc2c1CC(=O)N[C@H](c1cccc(F)c1)C1CC1)C(C)=O. The molecule has 0 bridgehead atoms. The minimum atomic E-state index is -0.394. The standard InChI is InChI=1S/C32H31F2N3O2/c1-3-37(20(2)38)19-28-27(18-30(39)36-31(21-14-15-21)22-8-6-10-24(33)16-22)26-12-4-5-13-29(26)35-32(28)23-9-7-11-25(34)17-23/h4-13,16-17,21,31H,3,14-15,18-19H2,1-2H3,(H,36,39)/t31-/m0/s1. The lowest BCUT2D eigenvalue weighted by Crippen LogP contribution is -2.32. The van der Waals surface area contributed by atoms with E-state index < -0.39 is 5.82 Å². The van der Waals surface area contributed by atoms with Gasteiger partial charge in [-0.1, -0.05) is 42.5 Å². The van der Waals surface area contributed by atoms with Crippen molar-refractivity contribution in [1.29, 1.82) is 0 Å². The molecule has 1 aliphatic carbocycles. The number of fused-ring (bicyclic) bond motifs is 1. The number of benzene rings is 3. The molecule has 1 fully saturated rings. The number of hydrogen-bond donors (Lipinski definition) is 1. The number of para-hydroxylation sites is 1. The summed E-state index contributed by atoms with van der Waals surface area (Å²) < 4.78 is 28.3. The fourth-order valence-corrected chi connectivity index (χ4v) is 5.19. The highest BCUT2D eigenvalue weighted by Gasteiger charge is 2.34. The van der Waals surface area contributed by atoms with Crippen LogP contribution >= 0.6 is 0 Å². The lowest BCUT2D eigenvalue weighted by Gasteiger charge is -2.25. The van der Waals surface area contributed by atoms with Crippen molar-refractivity contribution in [3.05, 3.63) is 101 Å². The second-order valence-corrected chi connectivity index (χ2v) is 10.1. The maximum atomic E-state index is 14.3.